The van der Waals surface area contributed by atoms with Gasteiger partial charge in [-0.2, -0.15) is 0 Å². The molecule has 2 aromatic rings. The van der Waals surface area contributed by atoms with Crippen LogP contribution in [0.5, 0.6) is 0 Å². The molecule has 0 radical (unpaired) electrons. The number of aryl methyl sites for hydroxylation is 1. The van der Waals surface area contributed by atoms with E-state index in [0.29, 0.717) is 23.7 Å². The smallest absolute Gasteiger partial charge is 0.326 e. The Labute approximate surface area is 110 Å². The van der Waals surface area contributed by atoms with Gasteiger partial charge in [0.25, 0.3) is 0 Å². The van der Waals surface area contributed by atoms with Crippen LogP contribution in [0.25, 0.3) is 5.65 Å². The van der Waals surface area contributed by atoms with Crippen LogP contribution in [-0.4, -0.2) is 36.9 Å². The van der Waals surface area contributed by atoms with Gasteiger partial charge in [-0.1, -0.05) is 13.8 Å². The molecule has 0 aliphatic carbocycles. The monoisotopic (exact) mass is 263 g/mol. The highest BCUT2D eigenvalue weighted by Crippen LogP contribution is 2.12. The first kappa shape index (κ1) is 13.3. The topological polar surface area (TPSA) is 92.4 Å². The second-order valence-corrected chi connectivity index (χ2v) is 4.89. The van der Waals surface area contributed by atoms with E-state index in [1.54, 1.807) is 19.1 Å². The first-order valence-electron chi connectivity index (χ1n) is 6.15. The van der Waals surface area contributed by atoms with Crippen LogP contribution in [0.3, 0.4) is 0 Å². The predicted octanol–water partition coefficient (Wildman–Crippen LogP) is 1.34. The van der Waals surface area contributed by atoms with Crippen molar-refractivity contribution < 1.29 is 9.90 Å². The van der Waals surface area contributed by atoms with Gasteiger partial charge in [0.15, 0.2) is 5.65 Å². The van der Waals surface area contributed by atoms with Crippen molar-refractivity contribution in [3.05, 3.63) is 18.0 Å². The minimum Gasteiger partial charge on any atom is -0.480 e. The summed E-state index contributed by atoms with van der Waals surface area (Å²) in [5, 5.41) is 20.4. The van der Waals surface area contributed by atoms with Crippen LogP contribution in [-0.2, 0) is 4.79 Å². The molecule has 19 heavy (non-hydrogen) atoms. The number of nitrogens with one attached hydrogen (secondary N) is 1. The van der Waals surface area contributed by atoms with E-state index in [4.69, 9.17) is 0 Å². The molecule has 2 N–H and O–H groups in total. The number of aliphatic carboxylic acids is 1. The van der Waals surface area contributed by atoms with E-state index < -0.39 is 12.0 Å². The van der Waals surface area contributed by atoms with Crippen LogP contribution >= 0.6 is 0 Å². The van der Waals surface area contributed by atoms with E-state index in [1.807, 2.05) is 13.8 Å². The molecule has 2 rings (SSSR count). The fourth-order valence-corrected chi connectivity index (χ4v) is 1.84. The molecule has 0 spiro atoms. The molecule has 0 fully saturated rings. The highest BCUT2D eigenvalue weighted by molar-refractivity contribution is 5.76. The molecule has 1 unspecified atom stereocenters. The van der Waals surface area contributed by atoms with Gasteiger partial charge in [-0.25, -0.2) is 9.78 Å². The third kappa shape index (κ3) is 3.18. The van der Waals surface area contributed by atoms with Gasteiger partial charge in [0.1, 0.15) is 17.7 Å². The summed E-state index contributed by atoms with van der Waals surface area (Å²) < 4.78 is 1.39. The van der Waals surface area contributed by atoms with Gasteiger partial charge in [-0.15, -0.1) is 14.8 Å². The SMILES string of the molecule is Cc1nc2ccc(NC(CC(C)C)C(=O)O)nn2n1. The van der Waals surface area contributed by atoms with Crippen LogP contribution in [0, 0.1) is 12.8 Å². The van der Waals surface area contributed by atoms with Crippen molar-refractivity contribution in [2.75, 3.05) is 5.32 Å². The third-order valence-electron chi connectivity index (χ3n) is 2.64. The van der Waals surface area contributed by atoms with Crippen molar-refractivity contribution in [3.63, 3.8) is 0 Å². The maximum atomic E-state index is 11.2. The summed E-state index contributed by atoms with van der Waals surface area (Å²) in [7, 11) is 0. The molecule has 7 nitrogen and oxygen atoms in total. The molecular formula is C12H17N5O2. The molecule has 0 saturated carbocycles. The number of carbonyl (C=O) groups is 1. The van der Waals surface area contributed by atoms with Crippen molar-refractivity contribution in [2.45, 2.75) is 33.2 Å². The number of hydrogen-bond acceptors (Lipinski definition) is 5. The van der Waals surface area contributed by atoms with Gasteiger partial charge in [-0.05, 0) is 31.4 Å². The molecule has 0 amide bonds. The largest absolute Gasteiger partial charge is 0.480 e. The van der Waals surface area contributed by atoms with Gasteiger partial charge in [0, 0.05) is 0 Å². The quantitative estimate of drug-likeness (QED) is 0.845. The Balaban J connectivity index is 2.20. The average Bonchev–Trinajstić information content (AvgIpc) is 2.66. The van der Waals surface area contributed by atoms with Gasteiger partial charge < -0.3 is 10.4 Å². The maximum absolute atomic E-state index is 11.2. The van der Waals surface area contributed by atoms with E-state index in [2.05, 4.69) is 20.5 Å². The minimum atomic E-state index is -0.884. The number of hydrogen-bond donors (Lipinski definition) is 2. The normalized spacial score (nSPS) is 12.8. The zero-order valence-corrected chi connectivity index (χ0v) is 11.2. The van der Waals surface area contributed by atoms with Crippen LogP contribution in [0.2, 0.25) is 0 Å². The highest BCUT2D eigenvalue weighted by Gasteiger charge is 2.19. The lowest BCUT2D eigenvalue weighted by Crippen LogP contribution is -2.31. The standard InChI is InChI=1S/C12H17N5O2/c1-7(2)6-9(12(18)19)14-10-4-5-11-13-8(3)15-17(11)16-10/h4-5,7,9H,6H2,1-3H3,(H,14,16)(H,18,19). The Morgan fingerprint density at radius 3 is 2.79 bits per heavy atom. The van der Waals surface area contributed by atoms with Crippen LogP contribution in [0.4, 0.5) is 5.82 Å². The maximum Gasteiger partial charge on any atom is 0.326 e. The van der Waals surface area contributed by atoms with Gasteiger partial charge in [-0.3, -0.25) is 0 Å². The molecular weight excluding hydrogens is 246 g/mol. The molecule has 2 heterocycles. The Hall–Kier alpha value is -2.18. The van der Waals surface area contributed by atoms with Gasteiger partial charge in [0.2, 0.25) is 0 Å². The molecule has 102 valence electrons. The van der Waals surface area contributed by atoms with E-state index in [-0.39, 0.29) is 5.92 Å². The van der Waals surface area contributed by atoms with Crippen LogP contribution in [0.15, 0.2) is 12.1 Å². The average molecular weight is 263 g/mol. The molecule has 0 aliphatic heterocycles. The fourth-order valence-electron chi connectivity index (χ4n) is 1.84. The number of carboxylic acids is 1. The Kier molecular flexibility index (Phi) is 3.64. The number of rotatable bonds is 5. The summed E-state index contributed by atoms with van der Waals surface area (Å²) >= 11 is 0. The van der Waals surface area contributed by atoms with Crippen molar-refractivity contribution in [2.24, 2.45) is 5.92 Å². The fraction of sp³-hybridized carbons (Fsp3) is 0.500. The Morgan fingerprint density at radius 2 is 2.16 bits per heavy atom. The Morgan fingerprint density at radius 1 is 1.42 bits per heavy atom. The molecule has 0 bridgehead atoms. The van der Waals surface area contributed by atoms with Crippen molar-refractivity contribution in [1.82, 2.24) is 19.8 Å². The third-order valence-corrected chi connectivity index (χ3v) is 2.64. The number of nitrogens with zero attached hydrogens (tertiary/aromatic N) is 4. The molecule has 0 aliphatic rings. The second-order valence-electron chi connectivity index (χ2n) is 4.89. The lowest BCUT2D eigenvalue weighted by Gasteiger charge is -2.16. The van der Waals surface area contributed by atoms with E-state index in [1.165, 1.54) is 4.63 Å². The molecule has 0 aromatic carbocycles. The predicted molar refractivity (Wildman–Crippen MR) is 70.0 cm³/mol. The summed E-state index contributed by atoms with van der Waals surface area (Å²) in [6.07, 6.45) is 0.533. The molecule has 0 saturated heterocycles. The number of anilines is 1. The van der Waals surface area contributed by atoms with Gasteiger partial charge >= 0.3 is 5.97 Å². The first-order chi connectivity index (χ1) is 8.95. The summed E-state index contributed by atoms with van der Waals surface area (Å²) in [4.78, 5) is 15.3. The van der Waals surface area contributed by atoms with Crippen LogP contribution < -0.4 is 5.32 Å². The molecule has 1 atom stereocenters. The van der Waals surface area contributed by atoms with Gasteiger partial charge in [0.05, 0.1) is 0 Å². The lowest BCUT2D eigenvalue weighted by molar-refractivity contribution is -0.138. The molecule has 2 aromatic heterocycles. The number of fused-ring (bicyclic) bond motifs is 1. The highest BCUT2D eigenvalue weighted by atomic mass is 16.4. The van der Waals surface area contributed by atoms with Crippen molar-refractivity contribution >= 4 is 17.4 Å². The minimum absolute atomic E-state index is 0.283. The lowest BCUT2D eigenvalue weighted by atomic mass is 10.0. The van der Waals surface area contributed by atoms with E-state index in [9.17, 15) is 9.90 Å². The zero-order valence-electron chi connectivity index (χ0n) is 11.2. The van der Waals surface area contributed by atoms with Crippen molar-refractivity contribution in [3.8, 4) is 0 Å². The summed E-state index contributed by atoms with van der Waals surface area (Å²) in [6, 6.07) is 2.80. The van der Waals surface area contributed by atoms with Crippen LogP contribution in [0.1, 0.15) is 26.1 Å². The number of carboxylic acid groups (broad SMARTS) is 1. The molecule has 7 heteroatoms. The zero-order chi connectivity index (χ0) is 14.0. The second kappa shape index (κ2) is 5.21. The van der Waals surface area contributed by atoms with Crippen molar-refractivity contribution in [1.29, 1.82) is 0 Å². The summed E-state index contributed by atoms with van der Waals surface area (Å²) in [6.45, 7) is 5.74. The first-order valence-corrected chi connectivity index (χ1v) is 6.15. The summed E-state index contributed by atoms with van der Waals surface area (Å²) in [5.41, 5.74) is 0.638. The van der Waals surface area contributed by atoms with E-state index in [0.717, 1.165) is 0 Å². The van der Waals surface area contributed by atoms with E-state index >= 15 is 0 Å². The summed E-state index contributed by atoms with van der Waals surface area (Å²) in [5.74, 6) is 0.503. The number of aromatic nitrogens is 4. The Bertz CT molecular complexity index is 593.